The van der Waals surface area contributed by atoms with E-state index in [9.17, 15) is 19.2 Å². The molecule has 3 heterocycles. The number of hydrogen-bond acceptors (Lipinski definition) is 12. The van der Waals surface area contributed by atoms with Crippen molar-refractivity contribution in [1.29, 1.82) is 0 Å². The Balaban J connectivity index is 1.82. The molecule has 2 N–H and O–H groups in total. The van der Waals surface area contributed by atoms with Gasteiger partial charge in [-0.05, 0) is 13.8 Å². The second kappa shape index (κ2) is 11.1. The highest BCUT2D eigenvalue weighted by Crippen LogP contribution is 2.35. The molecule has 0 aromatic carbocycles. The Bertz CT molecular complexity index is 1070. The zero-order chi connectivity index (χ0) is 24.8. The maximum atomic E-state index is 12.4. The molecule has 13 heteroatoms. The minimum Gasteiger partial charge on any atom is -0.463 e. The van der Waals surface area contributed by atoms with Crippen LogP contribution in [0.2, 0.25) is 0 Å². The van der Waals surface area contributed by atoms with Crippen LogP contribution in [-0.4, -0.2) is 75.1 Å². The zero-order valence-electron chi connectivity index (χ0n) is 19.1. The molecule has 3 rings (SSSR count). The maximum absolute atomic E-state index is 12.4. The Morgan fingerprint density at radius 2 is 1.68 bits per heavy atom. The van der Waals surface area contributed by atoms with Crippen LogP contribution < -0.4 is 5.73 Å². The second-order valence-corrected chi connectivity index (χ2v) is 7.89. The van der Waals surface area contributed by atoms with Gasteiger partial charge in [-0.3, -0.25) is 14.2 Å². The van der Waals surface area contributed by atoms with E-state index >= 15 is 0 Å². The Kier molecular flexibility index (Phi) is 8.23. The number of nitrogens with two attached hydrogens (primary N) is 1. The van der Waals surface area contributed by atoms with Gasteiger partial charge in [-0.15, -0.1) is 0 Å². The van der Waals surface area contributed by atoms with Gasteiger partial charge in [-0.25, -0.2) is 15.0 Å². The Labute approximate surface area is 194 Å². The summed E-state index contributed by atoms with van der Waals surface area (Å²) in [5.74, 6) is -1.33. The lowest BCUT2D eigenvalue weighted by Gasteiger charge is -2.23. The van der Waals surface area contributed by atoms with E-state index in [1.165, 1.54) is 33.6 Å². The normalized spacial score (nSPS) is 22.0. The molecule has 0 radical (unpaired) electrons. The number of fused-ring (bicyclic) bond motifs is 1. The predicted molar refractivity (Wildman–Crippen MR) is 115 cm³/mol. The number of ether oxygens (including phenoxy) is 4. The summed E-state index contributed by atoms with van der Waals surface area (Å²) >= 11 is 0. The third-order valence-electron chi connectivity index (χ3n) is 5.26. The standard InChI is InChI=1S/C21H27N5O8/c1-11(27)4-6-14(29)32-8-13-17(34-15(30)7-5-12(2)28)18(31-3)21(33-13)26-10-25-16-19(22)23-9-24-20(16)26/h9-10,13,17-18,21H,4-8H2,1-3H3,(H2,22,23,24)/t13-,17-,18-,21-/m1/s1. The van der Waals surface area contributed by atoms with E-state index in [-0.39, 0.29) is 49.7 Å². The number of carbonyl (C=O) groups excluding carboxylic acids is 4. The summed E-state index contributed by atoms with van der Waals surface area (Å²) < 4.78 is 24.1. The van der Waals surface area contributed by atoms with Crippen molar-refractivity contribution < 1.29 is 38.1 Å². The Hall–Kier alpha value is -3.45. The minimum atomic E-state index is -0.966. The summed E-state index contributed by atoms with van der Waals surface area (Å²) in [4.78, 5) is 59.1. The lowest BCUT2D eigenvalue weighted by atomic mass is 10.1. The van der Waals surface area contributed by atoms with E-state index in [4.69, 9.17) is 24.7 Å². The molecule has 0 spiro atoms. The van der Waals surface area contributed by atoms with E-state index in [1.54, 1.807) is 4.57 Å². The molecule has 0 unspecified atom stereocenters. The van der Waals surface area contributed by atoms with Gasteiger partial charge in [-0.1, -0.05) is 0 Å². The van der Waals surface area contributed by atoms with Gasteiger partial charge < -0.3 is 34.3 Å². The van der Waals surface area contributed by atoms with Gasteiger partial charge in [0.25, 0.3) is 0 Å². The number of hydrogen-bond donors (Lipinski definition) is 1. The number of nitrogens with zero attached hydrogens (tertiary/aromatic N) is 4. The summed E-state index contributed by atoms with van der Waals surface area (Å²) in [6.45, 7) is 2.51. The van der Waals surface area contributed by atoms with Crippen LogP contribution in [0.3, 0.4) is 0 Å². The van der Waals surface area contributed by atoms with Crippen molar-refractivity contribution in [3.05, 3.63) is 12.7 Å². The fourth-order valence-electron chi connectivity index (χ4n) is 3.53. The molecule has 0 bridgehead atoms. The monoisotopic (exact) mass is 477 g/mol. The predicted octanol–water partition coefficient (Wildman–Crippen LogP) is 0.514. The second-order valence-electron chi connectivity index (χ2n) is 7.89. The molecule has 184 valence electrons. The third-order valence-corrected chi connectivity index (χ3v) is 5.26. The summed E-state index contributed by atoms with van der Waals surface area (Å²) in [7, 11) is 1.42. The highest BCUT2D eigenvalue weighted by molar-refractivity contribution is 5.82. The number of nitrogen functional groups attached to an aromatic ring is 1. The largest absolute Gasteiger partial charge is 0.463 e. The van der Waals surface area contributed by atoms with E-state index in [1.807, 2.05) is 0 Å². The van der Waals surface area contributed by atoms with Gasteiger partial charge in [0.15, 0.2) is 23.8 Å². The average molecular weight is 477 g/mol. The first-order valence-electron chi connectivity index (χ1n) is 10.7. The molecule has 1 fully saturated rings. The van der Waals surface area contributed by atoms with E-state index in [2.05, 4.69) is 15.0 Å². The van der Waals surface area contributed by atoms with Crippen LogP contribution in [0.4, 0.5) is 5.82 Å². The van der Waals surface area contributed by atoms with Crippen LogP contribution >= 0.6 is 0 Å². The number of carbonyl (C=O) groups is 4. The number of methoxy groups -OCH3 is 1. The van der Waals surface area contributed by atoms with Crippen molar-refractivity contribution >= 4 is 40.5 Å². The lowest BCUT2D eigenvalue weighted by Crippen LogP contribution is -2.39. The number of imidazole rings is 1. The van der Waals surface area contributed by atoms with Crippen LogP contribution in [0.15, 0.2) is 12.7 Å². The van der Waals surface area contributed by atoms with Crippen molar-refractivity contribution in [3.63, 3.8) is 0 Å². The minimum absolute atomic E-state index is 0.0283. The molecule has 1 aliphatic rings. The smallest absolute Gasteiger partial charge is 0.306 e. The molecule has 0 amide bonds. The third kappa shape index (κ3) is 5.91. The van der Waals surface area contributed by atoms with Crippen LogP contribution in [-0.2, 0) is 38.1 Å². The number of anilines is 1. The number of rotatable bonds is 11. The topological polar surface area (TPSA) is 175 Å². The highest BCUT2D eigenvalue weighted by Gasteiger charge is 2.49. The van der Waals surface area contributed by atoms with Gasteiger partial charge in [0.2, 0.25) is 0 Å². The first-order valence-corrected chi connectivity index (χ1v) is 10.7. The number of esters is 2. The number of ketones is 2. The van der Waals surface area contributed by atoms with Crippen molar-refractivity contribution in [1.82, 2.24) is 19.5 Å². The molecule has 4 atom stereocenters. The lowest BCUT2D eigenvalue weighted by molar-refractivity contribution is -0.161. The quantitative estimate of drug-likeness (QED) is 0.445. The van der Waals surface area contributed by atoms with Crippen molar-refractivity contribution in [2.24, 2.45) is 0 Å². The van der Waals surface area contributed by atoms with Crippen molar-refractivity contribution in [2.75, 3.05) is 19.5 Å². The maximum Gasteiger partial charge on any atom is 0.306 e. The zero-order valence-corrected chi connectivity index (χ0v) is 19.1. The molecule has 0 aliphatic carbocycles. The number of aromatic nitrogens is 4. The Morgan fingerprint density at radius 1 is 1.00 bits per heavy atom. The summed E-state index contributed by atoms with van der Waals surface area (Å²) in [5.41, 5.74) is 6.60. The van der Waals surface area contributed by atoms with Crippen molar-refractivity contribution in [2.45, 2.75) is 64.1 Å². The molecule has 2 aromatic rings. The van der Waals surface area contributed by atoms with Crippen molar-refractivity contribution in [3.8, 4) is 0 Å². The highest BCUT2D eigenvalue weighted by atomic mass is 16.6. The molecular formula is C21H27N5O8. The Morgan fingerprint density at radius 3 is 2.32 bits per heavy atom. The van der Waals surface area contributed by atoms with Gasteiger partial charge in [0, 0.05) is 20.0 Å². The van der Waals surface area contributed by atoms with E-state index in [0.717, 1.165) is 0 Å². The first kappa shape index (κ1) is 25.2. The van der Waals surface area contributed by atoms with E-state index < -0.39 is 36.5 Å². The van der Waals surface area contributed by atoms with Crippen LogP contribution in [0.5, 0.6) is 0 Å². The summed E-state index contributed by atoms with van der Waals surface area (Å²) in [6, 6.07) is 0. The summed E-state index contributed by atoms with van der Waals surface area (Å²) in [5, 5.41) is 0. The molecule has 2 aromatic heterocycles. The van der Waals surface area contributed by atoms with Gasteiger partial charge >= 0.3 is 11.9 Å². The average Bonchev–Trinajstić information content (AvgIpc) is 3.36. The fraction of sp³-hybridized carbons (Fsp3) is 0.571. The molecule has 13 nitrogen and oxygen atoms in total. The van der Waals surface area contributed by atoms with Crippen LogP contribution in [0.25, 0.3) is 11.2 Å². The summed E-state index contributed by atoms with van der Waals surface area (Å²) in [6.07, 6.45) is -0.921. The molecular weight excluding hydrogens is 450 g/mol. The molecule has 34 heavy (non-hydrogen) atoms. The van der Waals surface area contributed by atoms with Gasteiger partial charge in [0.05, 0.1) is 19.2 Å². The fourth-order valence-corrected chi connectivity index (χ4v) is 3.53. The van der Waals surface area contributed by atoms with Crippen LogP contribution in [0, 0.1) is 0 Å². The van der Waals surface area contributed by atoms with Gasteiger partial charge in [-0.2, -0.15) is 0 Å². The first-order chi connectivity index (χ1) is 16.2. The van der Waals surface area contributed by atoms with Gasteiger partial charge in [0.1, 0.15) is 42.2 Å². The number of Topliss-reactive ketones (excluding diaryl/α,β-unsaturated/α-hetero) is 2. The molecule has 0 saturated carbocycles. The SMILES string of the molecule is CO[C@@H]1[C@H](OC(=O)CCC(C)=O)[C@@H](COC(=O)CCC(C)=O)O[C@H]1n1cnc2c(N)ncnc21. The van der Waals surface area contributed by atoms with E-state index in [0.29, 0.717) is 11.2 Å². The molecule has 1 saturated heterocycles. The van der Waals surface area contributed by atoms with Crippen LogP contribution in [0.1, 0.15) is 45.8 Å². The molecule has 1 aliphatic heterocycles.